The van der Waals surface area contributed by atoms with Gasteiger partial charge >= 0.3 is 5.97 Å². The number of carbonyl (C=O) groups is 1. The highest BCUT2D eigenvalue weighted by atomic mass is 79.9. The Morgan fingerprint density at radius 2 is 1.83 bits per heavy atom. The Morgan fingerprint density at radius 1 is 1.17 bits per heavy atom. The molecule has 0 spiro atoms. The molecule has 0 saturated carbocycles. The summed E-state index contributed by atoms with van der Waals surface area (Å²) in [4.78, 5) is 12.0. The van der Waals surface area contributed by atoms with Crippen molar-refractivity contribution in [3.05, 3.63) is 69.7 Å². The molecule has 0 aliphatic rings. The van der Waals surface area contributed by atoms with E-state index in [1.165, 1.54) is 6.08 Å². The summed E-state index contributed by atoms with van der Waals surface area (Å²) in [5, 5.41) is 9.18. The zero-order valence-electron chi connectivity index (χ0n) is 13.2. The van der Waals surface area contributed by atoms with Gasteiger partial charge in [0.05, 0.1) is 6.61 Å². The average Bonchev–Trinajstić information content (AvgIpc) is 2.60. The molecule has 2 aromatic rings. The quantitative estimate of drug-likeness (QED) is 0.417. The zero-order valence-corrected chi connectivity index (χ0v) is 14.7. The minimum absolute atomic E-state index is 0.0451. The molecule has 0 unspecified atom stereocenters. The zero-order chi connectivity index (χ0) is 17.4. The molecule has 5 heteroatoms. The molecule has 0 atom stereocenters. The van der Waals surface area contributed by atoms with Gasteiger partial charge in [0.15, 0.2) is 0 Å². The first-order valence-electron chi connectivity index (χ1n) is 7.38. The van der Waals surface area contributed by atoms with Crippen molar-refractivity contribution in [1.29, 1.82) is 5.26 Å². The van der Waals surface area contributed by atoms with Crippen molar-refractivity contribution in [2.45, 2.75) is 13.5 Å². The van der Waals surface area contributed by atoms with Crippen molar-refractivity contribution < 1.29 is 14.3 Å². The van der Waals surface area contributed by atoms with E-state index in [-0.39, 0.29) is 12.2 Å². The average molecular weight is 386 g/mol. The van der Waals surface area contributed by atoms with Crippen LogP contribution in [0.4, 0.5) is 0 Å². The van der Waals surface area contributed by atoms with Crippen molar-refractivity contribution in [2.75, 3.05) is 6.61 Å². The first-order chi connectivity index (χ1) is 11.6. The molecule has 0 amide bonds. The largest absolute Gasteiger partial charge is 0.494 e. The summed E-state index contributed by atoms with van der Waals surface area (Å²) in [6, 6.07) is 16.4. The van der Waals surface area contributed by atoms with Gasteiger partial charge in [-0.2, -0.15) is 5.26 Å². The molecule has 0 aliphatic heterocycles. The van der Waals surface area contributed by atoms with Crippen molar-refractivity contribution >= 4 is 28.0 Å². The smallest absolute Gasteiger partial charge is 0.349 e. The highest BCUT2D eigenvalue weighted by Crippen LogP contribution is 2.16. The first-order valence-corrected chi connectivity index (χ1v) is 8.18. The number of benzene rings is 2. The fourth-order valence-corrected chi connectivity index (χ4v) is 2.20. The highest BCUT2D eigenvalue weighted by molar-refractivity contribution is 9.10. The number of carbonyl (C=O) groups excluding carboxylic acids is 1. The Morgan fingerprint density at radius 3 is 2.42 bits per heavy atom. The molecular formula is C19H16BrNO3. The van der Waals surface area contributed by atoms with Gasteiger partial charge in [-0.25, -0.2) is 4.79 Å². The highest BCUT2D eigenvalue weighted by Gasteiger charge is 2.11. The van der Waals surface area contributed by atoms with Crippen molar-refractivity contribution in [2.24, 2.45) is 0 Å². The van der Waals surface area contributed by atoms with E-state index in [4.69, 9.17) is 9.47 Å². The summed E-state index contributed by atoms with van der Waals surface area (Å²) < 4.78 is 11.5. The summed E-state index contributed by atoms with van der Waals surface area (Å²) in [6.07, 6.45) is 1.50. The Bertz CT molecular complexity index is 759. The fourth-order valence-electron chi connectivity index (χ4n) is 1.94. The van der Waals surface area contributed by atoms with Crippen LogP contribution < -0.4 is 4.74 Å². The second-order valence-electron chi connectivity index (χ2n) is 4.87. The van der Waals surface area contributed by atoms with Crippen LogP contribution in [-0.4, -0.2) is 12.6 Å². The van der Waals surface area contributed by atoms with E-state index in [0.717, 1.165) is 21.3 Å². The molecule has 2 rings (SSSR count). The van der Waals surface area contributed by atoms with Crippen molar-refractivity contribution in [3.63, 3.8) is 0 Å². The standard InChI is InChI=1S/C19H16BrNO3/c1-2-23-18-9-5-14(6-10-18)11-16(12-21)19(22)24-13-15-3-7-17(20)8-4-15/h3-11H,2,13H2,1H3/b16-11+. The topological polar surface area (TPSA) is 59.3 Å². The maximum atomic E-state index is 12.0. The lowest BCUT2D eigenvalue weighted by Gasteiger charge is -2.05. The minimum Gasteiger partial charge on any atom is -0.494 e. The van der Waals surface area contributed by atoms with Crippen LogP contribution in [-0.2, 0) is 16.1 Å². The molecule has 24 heavy (non-hydrogen) atoms. The second-order valence-corrected chi connectivity index (χ2v) is 5.79. The van der Waals surface area contributed by atoms with Gasteiger partial charge in [0, 0.05) is 4.47 Å². The molecule has 4 nitrogen and oxygen atoms in total. The van der Waals surface area contributed by atoms with Crippen LogP contribution in [0.5, 0.6) is 5.75 Å². The number of nitrogens with zero attached hydrogens (tertiary/aromatic N) is 1. The monoisotopic (exact) mass is 385 g/mol. The second kappa shape index (κ2) is 8.90. The van der Waals surface area contributed by atoms with E-state index in [1.807, 2.05) is 37.3 Å². The molecule has 2 aromatic carbocycles. The summed E-state index contributed by atoms with van der Waals surface area (Å²) in [5.74, 6) is 0.0975. The van der Waals surface area contributed by atoms with E-state index in [0.29, 0.717) is 6.61 Å². The third kappa shape index (κ3) is 5.25. The van der Waals surface area contributed by atoms with Crippen LogP contribution in [0.3, 0.4) is 0 Å². The van der Waals surface area contributed by atoms with Crippen LogP contribution in [0.1, 0.15) is 18.1 Å². The molecule has 0 N–H and O–H groups in total. The minimum atomic E-state index is -0.644. The predicted molar refractivity (Wildman–Crippen MR) is 95.1 cm³/mol. The Hall–Kier alpha value is -2.58. The van der Waals surface area contributed by atoms with Crippen LogP contribution in [0, 0.1) is 11.3 Å². The SMILES string of the molecule is CCOc1ccc(/C=C(\C#N)C(=O)OCc2ccc(Br)cc2)cc1. The number of nitriles is 1. The Balaban J connectivity index is 2.02. The van der Waals surface area contributed by atoms with Gasteiger partial charge in [-0.15, -0.1) is 0 Å². The number of esters is 1. The van der Waals surface area contributed by atoms with Crippen molar-refractivity contribution in [3.8, 4) is 11.8 Å². The van der Waals surface area contributed by atoms with Crippen LogP contribution in [0.2, 0.25) is 0 Å². The molecule has 0 bridgehead atoms. The van der Waals surface area contributed by atoms with Gasteiger partial charge in [0.1, 0.15) is 24.0 Å². The summed E-state index contributed by atoms with van der Waals surface area (Å²) in [6.45, 7) is 2.61. The molecule has 0 heterocycles. The van der Waals surface area contributed by atoms with E-state index in [9.17, 15) is 10.1 Å². The molecule has 0 aromatic heterocycles. The molecule has 122 valence electrons. The summed E-state index contributed by atoms with van der Waals surface area (Å²) in [5.41, 5.74) is 1.54. The lowest BCUT2D eigenvalue weighted by Crippen LogP contribution is -2.06. The number of ether oxygens (including phenoxy) is 2. The third-order valence-corrected chi connectivity index (χ3v) is 3.65. The number of hydrogen-bond donors (Lipinski definition) is 0. The van der Waals surface area contributed by atoms with Gasteiger partial charge in [-0.05, 0) is 48.4 Å². The Labute approximate surface area is 149 Å². The number of rotatable bonds is 6. The predicted octanol–water partition coefficient (Wildman–Crippen LogP) is 4.50. The van der Waals surface area contributed by atoms with Crippen molar-refractivity contribution in [1.82, 2.24) is 0 Å². The number of halogens is 1. The first kappa shape index (κ1) is 17.8. The van der Waals surface area contributed by atoms with Gasteiger partial charge in [0.2, 0.25) is 0 Å². The summed E-state index contributed by atoms with van der Waals surface area (Å²) in [7, 11) is 0. The van der Waals surface area contributed by atoms with E-state index in [1.54, 1.807) is 24.3 Å². The normalized spacial score (nSPS) is 10.8. The summed E-state index contributed by atoms with van der Waals surface area (Å²) >= 11 is 3.34. The van der Waals surface area contributed by atoms with E-state index in [2.05, 4.69) is 15.9 Å². The van der Waals surface area contributed by atoms with Gasteiger partial charge < -0.3 is 9.47 Å². The fraction of sp³-hybridized carbons (Fsp3) is 0.158. The molecular weight excluding hydrogens is 370 g/mol. The van der Waals surface area contributed by atoms with Gasteiger partial charge in [-0.3, -0.25) is 0 Å². The third-order valence-electron chi connectivity index (χ3n) is 3.13. The Kier molecular flexibility index (Phi) is 6.59. The van der Waals surface area contributed by atoms with Gasteiger partial charge in [-0.1, -0.05) is 40.2 Å². The lowest BCUT2D eigenvalue weighted by atomic mass is 10.1. The van der Waals surface area contributed by atoms with Crippen LogP contribution in [0.25, 0.3) is 6.08 Å². The van der Waals surface area contributed by atoms with Gasteiger partial charge in [0.25, 0.3) is 0 Å². The molecule has 0 radical (unpaired) electrons. The molecule has 0 saturated heterocycles. The lowest BCUT2D eigenvalue weighted by molar-refractivity contribution is -0.139. The number of hydrogen-bond acceptors (Lipinski definition) is 4. The molecule has 0 aliphatic carbocycles. The van der Waals surface area contributed by atoms with E-state index >= 15 is 0 Å². The van der Waals surface area contributed by atoms with Crippen LogP contribution in [0.15, 0.2) is 58.6 Å². The maximum absolute atomic E-state index is 12.0. The van der Waals surface area contributed by atoms with Crippen LogP contribution >= 0.6 is 15.9 Å². The maximum Gasteiger partial charge on any atom is 0.349 e. The van der Waals surface area contributed by atoms with E-state index < -0.39 is 5.97 Å². The molecule has 0 fully saturated rings.